The second-order valence-electron chi connectivity index (χ2n) is 12.6. The Kier molecular flexibility index (Phi) is 20.8. The molecule has 0 saturated carbocycles. The number of unbranched alkanes of at least 4 members (excludes halogenated alkanes) is 5. The molecule has 0 aliphatic carbocycles. The molecule has 0 bridgehead atoms. The molecule has 0 aliphatic rings. The summed E-state index contributed by atoms with van der Waals surface area (Å²) in [5, 5.41) is 0. The number of rotatable bonds is 23. The minimum atomic E-state index is -1.14. The largest absolute Gasteiger partial charge is 0.788 e. The van der Waals surface area contributed by atoms with Gasteiger partial charge < -0.3 is 18.4 Å². The number of benzene rings is 3. The first-order valence-electron chi connectivity index (χ1n) is 18.3. The van der Waals surface area contributed by atoms with Gasteiger partial charge in [-0.1, -0.05) is 91.7 Å². The quantitative estimate of drug-likeness (QED) is 0.0435. The van der Waals surface area contributed by atoms with Gasteiger partial charge in [0.15, 0.2) is 0 Å². The fourth-order valence-electron chi connectivity index (χ4n) is 6.20. The van der Waals surface area contributed by atoms with Gasteiger partial charge in [-0.05, 0) is 49.9 Å². The minimum absolute atomic E-state index is 0.126. The van der Waals surface area contributed by atoms with E-state index in [0.717, 1.165) is 81.9 Å². The molecular formula is C40H59BF3NO3. The van der Waals surface area contributed by atoms with Gasteiger partial charge in [0.05, 0.1) is 25.7 Å². The lowest BCUT2D eigenvalue weighted by molar-refractivity contribution is -0.955. The van der Waals surface area contributed by atoms with Crippen LogP contribution >= 0.6 is 0 Å². The summed E-state index contributed by atoms with van der Waals surface area (Å²) in [4.78, 5) is 0. The van der Waals surface area contributed by atoms with Crippen molar-refractivity contribution in [1.29, 1.82) is 0 Å². The molecule has 0 fully saturated rings. The van der Waals surface area contributed by atoms with E-state index in [-0.39, 0.29) is 18.0 Å². The van der Waals surface area contributed by atoms with Crippen LogP contribution in [0.25, 0.3) is 0 Å². The third-order valence-corrected chi connectivity index (χ3v) is 8.69. The lowest BCUT2D eigenvalue weighted by atomic mass is 9.92. The predicted molar refractivity (Wildman–Crippen MR) is 192 cm³/mol. The number of hydrogen-bond donors (Lipinski definition) is 0. The van der Waals surface area contributed by atoms with Crippen molar-refractivity contribution in [2.24, 2.45) is 0 Å². The second-order valence-corrected chi connectivity index (χ2v) is 12.6. The Balaban J connectivity index is 0.00000101. The molecule has 0 aliphatic heterocycles. The zero-order valence-electron chi connectivity index (χ0n) is 30.1. The molecule has 2 unspecified atom stereocenters. The molecule has 0 heterocycles. The molecule has 4 nitrogen and oxygen atoms in total. The molecule has 0 amide bonds. The smallest absolute Gasteiger partial charge is 0.501 e. The lowest BCUT2D eigenvalue weighted by Gasteiger charge is -2.48. The molecule has 0 N–H and O–H groups in total. The van der Waals surface area contributed by atoms with Crippen LogP contribution in [-0.2, 0) is 4.65 Å². The van der Waals surface area contributed by atoms with Gasteiger partial charge in [0, 0.05) is 24.4 Å². The molecule has 2 atom stereocenters. The Labute approximate surface area is 289 Å². The summed E-state index contributed by atoms with van der Waals surface area (Å²) in [6.07, 6.45) is 13.2. The summed E-state index contributed by atoms with van der Waals surface area (Å²) >= 11 is 0. The summed E-state index contributed by atoms with van der Waals surface area (Å²) in [7, 11) is -1.14. The maximum atomic E-state index is 14.1. The number of nitrogens with zero attached hydrogens (tertiary/aromatic N) is 1. The van der Waals surface area contributed by atoms with Crippen molar-refractivity contribution in [3.8, 4) is 11.5 Å². The van der Waals surface area contributed by atoms with E-state index in [1.165, 1.54) is 55.7 Å². The van der Waals surface area contributed by atoms with Crippen LogP contribution in [0.5, 0.6) is 11.5 Å². The van der Waals surface area contributed by atoms with Crippen molar-refractivity contribution >= 4 is 7.32 Å². The highest BCUT2D eigenvalue weighted by molar-refractivity contribution is 6.38. The highest BCUT2D eigenvalue weighted by Crippen LogP contribution is 2.31. The molecular weight excluding hydrogens is 610 g/mol. The summed E-state index contributed by atoms with van der Waals surface area (Å²) in [6.45, 7) is 14.7. The Hall–Kier alpha value is -2.97. The fourth-order valence-corrected chi connectivity index (χ4v) is 6.20. The van der Waals surface area contributed by atoms with Gasteiger partial charge in [0.2, 0.25) is 0 Å². The average molecular weight is 670 g/mol. The van der Waals surface area contributed by atoms with E-state index in [9.17, 15) is 13.2 Å². The third kappa shape index (κ3) is 15.5. The predicted octanol–water partition coefficient (Wildman–Crippen LogP) is 11.4. The van der Waals surface area contributed by atoms with Gasteiger partial charge in [-0.25, -0.2) is 8.78 Å². The van der Waals surface area contributed by atoms with E-state index in [1.807, 2.05) is 0 Å². The molecule has 3 rings (SSSR count). The average Bonchev–Trinajstić information content (AvgIpc) is 3.07. The molecule has 48 heavy (non-hydrogen) atoms. The lowest BCUT2D eigenvalue weighted by Crippen LogP contribution is -2.62. The van der Waals surface area contributed by atoms with Crippen molar-refractivity contribution in [3.63, 3.8) is 0 Å². The topological polar surface area (TPSA) is 27.7 Å². The maximum absolute atomic E-state index is 14.1. The highest BCUT2D eigenvalue weighted by atomic mass is 19.1. The van der Waals surface area contributed by atoms with E-state index in [1.54, 1.807) is 36.4 Å². The van der Waals surface area contributed by atoms with Crippen LogP contribution in [0, 0.1) is 23.5 Å². The zero-order valence-corrected chi connectivity index (χ0v) is 30.1. The second kappa shape index (κ2) is 24.2. The van der Waals surface area contributed by atoms with Crippen LogP contribution < -0.4 is 9.31 Å². The van der Waals surface area contributed by atoms with Gasteiger partial charge in [-0.15, -0.1) is 12.1 Å². The van der Waals surface area contributed by atoms with E-state index in [4.69, 9.17) is 14.0 Å². The Bertz CT molecular complexity index is 1170. The first-order chi connectivity index (χ1) is 23.3. The summed E-state index contributed by atoms with van der Waals surface area (Å²) in [5.41, 5.74) is 0. The first kappa shape index (κ1) is 41.2. The highest BCUT2D eigenvalue weighted by Gasteiger charge is 2.44. The molecule has 3 aromatic rings. The monoisotopic (exact) mass is 669 g/mol. The Morgan fingerprint density at radius 3 is 1.54 bits per heavy atom. The van der Waals surface area contributed by atoms with Gasteiger partial charge in [0.1, 0.15) is 29.2 Å². The van der Waals surface area contributed by atoms with Crippen LogP contribution in [0.3, 0.4) is 0 Å². The van der Waals surface area contributed by atoms with Crippen molar-refractivity contribution in [2.75, 3.05) is 19.6 Å². The van der Waals surface area contributed by atoms with Crippen LogP contribution in [0.15, 0.2) is 72.8 Å². The molecule has 0 aromatic heterocycles. The molecule has 0 spiro atoms. The van der Waals surface area contributed by atoms with Crippen LogP contribution in [0.2, 0.25) is 0 Å². The van der Waals surface area contributed by atoms with Crippen molar-refractivity contribution in [3.05, 3.63) is 96.3 Å². The SMILES string of the molecule is CCCCCC(OB(Oc1cccc(F)c1)Oc1cccc(F)c1)C(CCC)[N+](CCCC)(CCCC)CCCC.Fc1c[c-]ccc1. The van der Waals surface area contributed by atoms with E-state index < -0.39 is 19.0 Å². The van der Waals surface area contributed by atoms with Gasteiger partial charge in [-0.3, -0.25) is 4.39 Å². The summed E-state index contributed by atoms with van der Waals surface area (Å²) in [5.74, 6) is -0.402. The molecule has 0 saturated heterocycles. The Morgan fingerprint density at radius 2 is 1.15 bits per heavy atom. The van der Waals surface area contributed by atoms with Crippen molar-refractivity contribution < 1.29 is 31.6 Å². The van der Waals surface area contributed by atoms with E-state index in [0.29, 0.717) is 11.5 Å². The van der Waals surface area contributed by atoms with Gasteiger partial charge >= 0.3 is 7.32 Å². The van der Waals surface area contributed by atoms with Crippen LogP contribution in [0.4, 0.5) is 13.2 Å². The first-order valence-corrected chi connectivity index (χ1v) is 18.3. The normalized spacial score (nSPS) is 12.5. The number of hydrogen-bond acceptors (Lipinski definition) is 3. The van der Waals surface area contributed by atoms with Crippen LogP contribution in [0.1, 0.15) is 112 Å². The molecule has 266 valence electrons. The maximum Gasteiger partial charge on any atom is 0.788 e. The Morgan fingerprint density at radius 1 is 0.625 bits per heavy atom. The standard InChI is InChI=1S/C34H55BF2NO3.C6H4F/c1-6-11-15-23-34(33(18-10-5)38(24-12-7-2,25-13-8-3)26-14-9-4)41-35(39-31-21-16-19-29(36)27-31)40-32-22-17-20-30(37)28-32;7-6-4-2-1-3-5-6/h16-17,19-22,27-28,33-34H,6-15,18,23-26H2,1-5H3;1-2,4-5H/q+1;-1. The third-order valence-electron chi connectivity index (χ3n) is 8.69. The van der Waals surface area contributed by atoms with Gasteiger partial charge in [-0.2, -0.15) is 18.2 Å². The summed E-state index contributed by atoms with van der Waals surface area (Å²) < 4.78 is 60.2. The number of halogens is 3. The summed E-state index contributed by atoms with van der Waals surface area (Å²) in [6, 6.07) is 20.8. The minimum Gasteiger partial charge on any atom is -0.501 e. The molecule has 3 aromatic carbocycles. The van der Waals surface area contributed by atoms with E-state index in [2.05, 4.69) is 40.7 Å². The zero-order chi connectivity index (χ0) is 35.0. The molecule has 0 radical (unpaired) electrons. The van der Waals surface area contributed by atoms with E-state index >= 15 is 0 Å². The molecule has 8 heteroatoms. The number of quaternary nitrogens is 1. The van der Waals surface area contributed by atoms with Crippen LogP contribution in [-0.4, -0.2) is 43.6 Å². The van der Waals surface area contributed by atoms with Gasteiger partial charge in [0.25, 0.3) is 0 Å². The fraction of sp³-hybridized carbons (Fsp3) is 0.550. The van der Waals surface area contributed by atoms with Crippen molar-refractivity contribution in [2.45, 2.75) is 124 Å². The van der Waals surface area contributed by atoms with Crippen molar-refractivity contribution in [1.82, 2.24) is 0 Å².